The molecule has 1 amide bonds. The second-order valence-corrected chi connectivity index (χ2v) is 6.47. The standard InChI is InChI=1S/C21H20ClN3O2/c22-17-8-6-16(7-9-17)20(14-26)25-18-10-11-23-19(12-18)21(27)24-13-15-4-2-1-3-5-15/h1-12,20,26H,13-14H2,(H,23,25)(H,24,27). The first-order chi connectivity index (χ1) is 13.2. The number of aliphatic hydroxyl groups is 1. The lowest BCUT2D eigenvalue weighted by Gasteiger charge is -2.18. The molecule has 1 unspecified atom stereocenters. The molecule has 5 nitrogen and oxygen atoms in total. The SMILES string of the molecule is O=C(NCc1ccccc1)c1cc(NC(CO)c2ccc(Cl)cc2)ccn1. The molecule has 1 aromatic heterocycles. The van der Waals surface area contributed by atoms with Crippen molar-refractivity contribution in [3.05, 3.63) is 94.8 Å². The van der Waals surface area contributed by atoms with Crippen LogP contribution in [0.25, 0.3) is 0 Å². The van der Waals surface area contributed by atoms with Gasteiger partial charge in [0.05, 0.1) is 12.6 Å². The summed E-state index contributed by atoms with van der Waals surface area (Å²) in [6.45, 7) is 0.336. The van der Waals surface area contributed by atoms with Gasteiger partial charge in [-0.05, 0) is 35.4 Å². The van der Waals surface area contributed by atoms with Gasteiger partial charge < -0.3 is 15.7 Å². The monoisotopic (exact) mass is 381 g/mol. The van der Waals surface area contributed by atoms with Gasteiger partial charge in [0.15, 0.2) is 0 Å². The number of carbonyl (C=O) groups excluding carboxylic acids is 1. The normalized spacial score (nSPS) is 11.6. The molecule has 3 rings (SSSR count). The van der Waals surface area contributed by atoms with Crippen LogP contribution in [0.3, 0.4) is 0 Å². The van der Waals surface area contributed by atoms with E-state index < -0.39 is 0 Å². The smallest absolute Gasteiger partial charge is 0.270 e. The second-order valence-electron chi connectivity index (χ2n) is 6.03. The van der Waals surface area contributed by atoms with Crippen molar-refractivity contribution >= 4 is 23.2 Å². The fourth-order valence-electron chi connectivity index (χ4n) is 2.64. The van der Waals surface area contributed by atoms with Crippen molar-refractivity contribution in [2.24, 2.45) is 0 Å². The van der Waals surface area contributed by atoms with Crippen LogP contribution in [0.15, 0.2) is 72.9 Å². The molecule has 0 fully saturated rings. The van der Waals surface area contributed by atoms with E-state index in [1.807, 2.05) is 42.5 Å². The van der Waals surface area contributed by atoms with Gasteiger partial charge in [0.2, 0.25) is 0 Å². The molecule has 3 aromatic rings. The van der Waals surface area contributed by atoms with E-state index in [1.165, 1.54) is 0 Å². The van der Waals surface area contributed by atoms with Gasteiger partial charge in [0.1, 0.15) is 5.69 Å². The van der Waals surface area contributed by atoms with Crippen molar-refractivity contribution in [1.82, 2.24) is 10.3 Å². The maximum absolute atomic E-state index is 12.4. The lowest BCUT2D eigenvalue weighted by molar-refractivity contribution is 0.0946. The highest BCUT2D eigenvalue weighted by molar-refractivity contribution is 6.30. The van der Waals surface area contributed by atoms with E-state index in [0.29, 0.717) is 22.9 Å². The minimum Gasteiger partial charge on any atom is -0.394 e. The van der Waals surface area contributed by atoms with E-state index in [0.717, 1.165) is 11.1 Å². The minimum atomic E-state index is -0.315. The maximum atomic E-state index is 12.4. The molecule has 0 bridgehead atoms. The van der Waals surface area contributed by atoms with E-state index in [9.17, 15) is 9.90 Å². The lowest BCUT2D eigenvalue weighted by atomic mass is 10.1. The van der Waals surface area contributed by atoms with Gasteiger partial charge in [-0.1, -0.05) is 54.1 Å². The molecule has 6 heteroatoms. The van der Waals surface area contributed by atoms with Gasteiger partial charge >= 0.3 is 0 Å². The highest BCUT2D eigenvalue weighted by Gasteiger charge is 2.12. The summed E-state index contributed by atoms with van der Waals surface area (Å²) < 4.78 is 0. The summed E-state index contributed by atoms with van der Waals surface area (Å²) in [7, 11) is 0. The number of hydrogen-bond acceptors (Lipinski definition) is 4. The van der Waals surface area contributed by atoms with Crippen LogP contribution in [0.2, 0.25) is 5.02 Å². The number of anilines is 1. The van der Waals surface area contributed by atoms with Crippen LogP contribution in [0.1, 0.15) is 27.7 Å². The molecule has 2 aromatic carbocycles. The Labute approximate surface area is 163 Å². The predicted molar refractivity (Wildman–Crippen MR) is 107 cm³/mol. The number of rotatable bonds is 7. The molecule has 138 valence electrons. The summed E-state index contributed by atoms with van der Waals surface area (Å²) in [5.41, 5.74) is 2.92. The zero-order valence-electron chi connectivity index (χ0n) is 14.6. The van der Waals surface area contributed by atoms with Gasteiger partial charge in [-0.15, -0.1) is 0 Å². The summed E-state index contributed by atoms with van der Waals surface area (Å²) in [4.78, 5) is 16.5. The van der Waals surface area contributed by atoms with Crippen molar-refractivity contribution < 1.29 is 9.90 Å². The molecule has 0 radical (unpaired) electrons. The Hall–Kier alpha value is -2.89. The van der Waals surface area contributed by atoms with Crippen LogP contribution in [0.4, 0.5) is 5.69 Å². The Morgan fingerprint density at radius 1 is 1.07 bits per heavy atom. The van der Waals surface area contributed by atoms with Crippen LogP contribution < -0.4 is 10.6 Å². The Morgan fingerprint density at radius 2 is 1.81 bits per heavy atom. The summed E-state index contributed by atoms with van der Waals surface area (Å²) in [5.74, 6) is -0.255. The number of benzene rings is 2. The van der Waals surface area contributed by atoms with Gasteiger partial charge in [-0.25, -0.2) is 0 Å². The van der Waals surface area contributed by atoms with Crippen LogP contribution in [-0.4, -0.2) is 22.6 Å². The predicted octanol–water partition coefficient (Wildman–Crippen LogP) is 3.81. The van der Waals surface area contributed by atoms with Gasteiger partial charge in [-0.3, -0.25) is 9.78 Å². The Balaban J connectivity index is 1.67. The van der Waals surface area contributed by atoms with Gasteiger partial charge in [0.25, 0.3) is 5.91 Å². The van der Waals surface area contributed by atoms with Crippen molar-refractivity contribution in [2.75, 3.05) is 11.9 Å². The number of amides is 1. The highest BCUT2D eigenvalue weighted by atomic mass is 35.5. The van der Waals surface area contributed by atoms with Crippen molar-refractivity contribution in [3.8, 4) is 0 Å². The Morgan fingerprint density at radius 3 is 2.52 bits per heavy atom. The number of hydrogen-bond donors (Lipinski definition) is 3. The number of nitrogens with zero attached hydrogens (tertiary/aromatic N) is 1. The molecule has 1 atom stereocenters. The third-order valence-electron chi connectivity index (χ3n) is 4.08. The number of aromatic nitrogens is 1. The summed E-state index contributed by atoms with van der Waals surface area (Å²) in [5, 5.41) is 16.4. The van der Waals surface area contributed by atoms with E-state index in [-0.39, 0.29) is 18.6 Å². The first kappa shape index (κ1) is 18.9. The van der Waals surface area contributed by atoms with E-state index in [4.69, 9.17) is 11.6 Å². The quantitative estimate of drug-likeness (QED) is 0.581. The Bertz CT molecular complexity index is 885. The molecule has 0 aliphatic carbocycles. The first-order valence-electron chi connectivity index (χ1n) is 8.57. The molecule has 0 aliphatic rings. The summed E-state index contributed by atoms with van der Waals surface area (Å²) in [6.07, 6.45) is 1.57. The number of carbonyl (C=O) groups is 1. The van der Waals surface area contributed by atoms with Crippen molar-refractivity contribution in [3.63, 3.8) is 0 Å². The zero-order chi connectivity index (χ0) is 19.1. The molecule has 0 saturated heterocycles. The maximum Gasteiger partial charge on any atom is 0.270 e. The molecule has 0 aliphatic heterocycles. The van der Waals surface area contributed by atoms with Gasteiger partial charge in [-0.2, -0.15) is 0 Å². The highest BCUT2D eigenvalue weighted by Crippen LogP contribution is 2.21. The molecule has 3 N–H and O–H groups in total. The van der Waals surface area contributed by atoms with E-state index >= 15 is 0 Å². The van der Waals surface area contributed by atoms with Crippen LogP contribution >= 0.6 is 11.6 Å². The Kier molecular flexibility index (Phi) is 6.41. The summed E-state index contributed by atoms with van der Waals surface area (Å²) in [6, 6.07) is 20.0. The first-order valence-corrected chi connectivity index (χ1v) is 8.94. The largest absolute Gasteiger partial charge is 0.394 e. The van der Waals surface area contributed by atoms with Crippen molar-refractivity contribution in [2.45, 2.75) is 12.6 Å². The molecular weight excluding hydrogens is 362 g/mol. The number of aliphatic hydroxyl groups excluding tert-OH is 1. The second kappa shape index (κ2) is 9.16. The van der Waals surface area contributed by atoms with E-state index in [1.54, 1.807) is 30.5 Å². The fraction of sp³-hybridized carbons (Fsp3) is 0.143. The van der Waals surface area contributed by atoms with Crippen LogP contribution in [0.5, 0.6) is 0 Å². The fourth-order valence-corrected chi connectivity index (χ4v) is 2.77. The molecule has 1 heterocycles. The lowest BCUT2D eigenvalue weighted by Crippen LogP contribution is -2.24. The topological polar surface area (TPSA) is 74.2 Å². The number of nitrogens with one attached hydrogen (secondary N) is 2. The molecule has 0 spiro atoms. The third kappa shape index (κ3) is 5.29. The van der Waals surface area contributed by atoms with Crippen LogP contribution in [-0.2, 0) is 6.54 Å². The number of halogens is 1. The minimum absolute atomic E-state index is 0.0977. The average molecular weight is 382 g/mol. The molecule has 27 heavy (non-hydrogen) atoms. The molecule has 0 saturated carbocycles. The van der Waals surface area contributed by atoms with Crippen LogP contribution in [0, 0.1) is 0 Å². The molecular formula is C21H20ClN3O2. The average Bonchev–Trinajstić information content (AvgIpc) is 2.72. The summed E-state index contributed by atoms with van der Waals surface area (Å²) >= 11 is 5.91. The van der Waals surface area contributed by atoms with Crippen molar-refractivity contribution in [1.29, 1.82) is 0 Å². The zero-order valence-corrected chi connectivity index (χ0v) is 15.4. The number of pyridine rings is 1. The third-order valence-corrected chi connectivity index (χ3v) is 4.34. The van der Waals surface area contributed by atoms with Gasteiger partial charge in [0, 0.05) is 23.5 Å². The van der Waals surface area contributed by atoms with E-state index in [2.05, 4.69) is 15.6 Å².